The third-order valence-corrected chi connectivity index (χ3v) is 6.63. The van der Waals surface area contributed by atoms with E-state index in [2.05, 4.69) is 10.8 Å². The number of anilines is 2. The molecular weight excluding hydrogens is 432 g/mol. The summed E-state index contributed by atoms with van der Waals surface area (Å²) in [5.74, 6) is -1.06. The topological polar surface area (TPSA) is 67.4 Å². The summed E-state index contributed by atoms with van der Waals surface area (Å²) in [6.45, 7) is 5.53. The van der Waals surface area contributed by atoms with E-state index in [0.717, 1.165) is 26.1 Å². The maximum absolute atomic E-state index is 13.4. The first-order chi connectivity index (χ1) is 15.8. The minimum absolute atomic E-state index is 0.221. The standard InChI is InChI=1S/C27H26N2O3S/c1-18-8-6-11-21(14-18)28-25(30)27(3,17-23-16-20-10-4-5-13-24(20)33-23)26(31)32-29-22-12-7-9-19(2)15-22/h4-16,29H,17H2,1-3H3,(H,28,30). The molecule has 1 aromatic heterocycles. The van der Waals surface area contributed by atoms with Crippen LogP contribution in [0, 0.1) is 19.3 Å². The van der Waals surface area contributed by atoms with Gasteiger partial charge in [-0.15, -0.1) is 11.3 Å². The summed E-state index contributed by atoms with van der Waals surface area (Å²) in [7, 11) is 0. The molecule has 4 aromatic rings. The van der Waals surface area contributed by atoms with Gasteiger partial charge in [0.2, 0.25) is 5.91 Å². The molecule has 0 saturated heterocycles. The fourth-order valence-corrected chi connectivity index (χ4v) is 4.86. The minimum atomic E-state index is -1.44. The lowest BCUT2D eigenvalue weighted by Crippen LogP contribution is -2.44. The number of nitrogens with one attached hydrogen (secondary N) is 2. The fraction of sp³-hybridized carbons (Fsp3) is 0.185. The van der Waals surface area contributed by atoms with Crippen LogP contribution in [0.3, 0.4) is 0 Å². The molecule has 1 amide bonds. The van der Waals surface area contributed by atoms with Crippen LogP contribution in [0.15, 0.2) is 78.9 Å². The van der Waals surface area contributed by atoms with Gasteiger partial charge in [0.05, 0.1) is 5.69 Å². The van der Waals surface area contributed by atoms with E-state index < -0.39 is 17.3 Å². The zero-order valence-corrected chi connectivity index (χ0v) is 19.7. The van der Waals surface area contributed by atoms with Crippen molar-refractivity contribution in [2.24, 2.45) is 5.41 Å². The van der Waals surface area contributed by atoms with Crippen molar-refractivity contribution in [1.82, 2.24) is 0 Å². The van der Waals surface area contributed by atoms with Crippen LogP contribution >= 0.6 is 11.3 Å². The van der Waals surface area contributed by atoms with E-state index in [-0.39, 0.29) is 6.42 Å². The van der Waals surface area contributed by atoms with Crippen LogP contribution in [-0.4, -0.2) is 11.9 Å². The molecule has 0 aliphatic rings. The molecule has 0 spiro atoms. The summed E-state index contributed by atoms with van der Waals surface area (Å²) in [6.07, 6.45) is 0.221. The fourth-order valence-electron chi connectivity index (χ4n) is 3.64. The highest BCUT2D eigenvalue weighted by Crippen LogP contribution is 2.33. The third-order valence-electron chi connectivity index (χ3n) is 5.51. The molecule has 5 nitrogen and oxygen atoms in total. The minimum Gasteiger partial charge on any atom is -0.342 e. The smallest absolute Gasteiger partial charge is 0.342 e. The molecule has 168 valence electrons. The molecule has 4 rings (SSSR count). The van der Waals surface area contributed by atoms with E-state index in [0.29, 0.717) is 11.4 Å². The highest BCUT2D eigenvalue weighted by molar-refractivity contribution is 7.19. The van der Waals surface area contributed by atoms with Gasteiger partial charge in [-0.05, 0) is 73.7 Å². The summed E-state index contributed by atoms with van der Waals surface area (Å²) in [5.41, 5.74) is 4.59. The van der Waals surface area contributed by atoms with Gasteiger partial charge < -0.3 is 10.2 Å². The Hall–Kier alpha value is -3.64. The molecule has 0 aliphatic heterocycles. The lowest BCUT2D eigenvalue weighted by Gasteiger charge is -2.26. The number of rotatable bonds is 7. The van der Waals surface area contributed by atoms with Crippen LogP contribution in [0.2, 0.25) is 0 Å². The van der Waals surface area contributed by atoms with Crippen molar-refractivity contribution < 1.29 is 14.4 Å². The predicted octanol–water partition coefficient (Wildman–Crippen LogP) is 6.28. The second-order valence-corrected chi connectivity index (χ2v) is 9.61. The average Bonchev–Trinajstić information content (AvgIpc) is 3.19. The number of carbonyl (C=O) groups is 2. The first kappa shape index (κ1) is 22.6. The average molecular weight is 459 g/mol. The Bertz CT molecular complexity index is 1280. The first-order valence-electron chi connectivity index (χ1n) is 10.7. The van der Waals surface area contributed by atoms with E-state index in [9.17, 15) is 9.59 Å². The number of hydrogen-bond acceptors (Lipinski definition) is 5. The molecule has 0 aliphatic carbocycles. The highest BCUT2D eigenvalue weighted by atomic mass is 32.1. The third kappa shape index (κ3) is 5.23. The Morgan fingerprint density at radius 1 is 0.879 bits per heavy atom. The predicted molar refractivity (Wildman–Crippen MR) is 134 cm³/mol. The molecule has 0 fully saturated rings. The highest BCUT2D eigenvalue weighted by Gasteiger charge is 2.44. The van der Waals surface area contributed by atoms with Crippen molar-refractivity contribution in [3.8, 4) is 0 Å². The van der Waals surface area contributed by atoms with Crippen molar-refractivity contribution in [2.75, 3.05) is 10.8 Å². The van der Waals surface area contributed by atoms with Crippen molar-refractivity contribution in [2.45, 2.75) is 27.2 Å². The molecule has 1 heterocycles. The number of benzene rings is 3. The molecule has 1 unspecified atom stereocenters. The van der Waals surface area contributed by atoms with Crippen molar-refractivity contribution in [3.05, 3.63) is 94.9 Å². The van der Waals surface area contributed by atoms with Gasteiger partial charge in [-0.2, -0.15) is 0 Å². The summed E-state index contributed by atoms with van der Waals surface area (Å²) >= 11 is 1.58. The van der Waals surface area contributed by atoms with E-state index in [4.69, 9.17) is 4.84 Å². The van der Waals surface area contributed by atoms with Gasteiger partial charge in [-0.3, -0.25) is 4.79 Å². The zero-order chi connectivity index (χ0) is 23.4. The SMILES string of the molecule is Cc1cccc(NOC(=O)C(C)(Cc2cc3ccccc3s2)C(=O)Nc2cccc(C)c2)c1. The number of fused-ring (bicyclic) bond motifs is 1. The summed E-state index contributed by atoms with van der Waals surface area (Å²) in [5, 5.41) is 3.99. The Labute approximate surface area is 197 Å². The van der Waals surface area contributed by atoms with Gasteiger partial charge in [0.15, 0.2) is 5.41 Å². The van der Waals surface area contributed by atoms with Crippen molar-refractivity contribution >= 4 is 44.7 Å². The zero-order valence-electron chi connectivity index (χ0n) is 18.8. The number of amides is 1. The maximum atomic E-state index is 13.4. The second kappa shape index (κ2) is 9.46. The van der Waals surface area contributed by atoms with Crippen molar-refractivity contribution in [1.29, 1.82) is 0 Å². The van der Waals surface area contributed by atoms with Gasteiger partial charge >= 0.3 is 5.97 Å². The molecular formula is C27H26N2O3S. The van der Waals surface area contributed by atoms with E-state index in [1.807, 2.05) is 80.6 Å². The number of hydrogen-bond donors (Lipinski definition) is 2. The lowest BCUT2D eigenvalue weighted by molar-refractivity contribution is -0.155. The summed E-state index contributed by atoms with van der Waals surface area (Å²) < 4.78 is 1.11. The van der Waals surface area contributed by atoms with Crippen LogP contribution in [0.4, 0.5) is 11.4 Å². The quantitative estimate of drug-likeness (QED) is 0.253. The van der Waals surface area contributed by atoms with Crippen LogP contribution in [0.25, 0.3) is 10.1 Å². The normalized spacial score (nSPS) is 12.7. The second-order valence-electron chi connectivity index (χ2n) is 8.44. The van der Waals surface area contributed by atoms with Gasteiger partial charge in [-0.1, -0.05) is 42.5 Å². The van der Waals surface area contributed by atoms with E-state index in [1.54, 1.807) is 30.4 Å². The Morgan fingerprint density at radius 2 is 1.55 bits per heavy atom. The largest absolute Gasteiger partial charge is 0.347 e. The van der Waals surface area contributed by atoms with E-state index >= 15 is 0 Å². The number of carbonyl (C=O) groups excluding carboxylic acids is 2. The van der Waals surface area contributed by atoms with Crippen LogP contribution in [0.5, 0.6) is 0 Å². The van der Waals surface area contributed by atoms with Crippen LogP contribution in [-0.2, 0) is 20.8 Å². The molecule has 1 atom stereocenters. The molecule has 0 saturated carbocycles. The maximum Gasteiger partial charge on any atom is 0.347 e. The molecule has 0 radical (unpaired) electrons. The Kier molecular flexibility index (Phi) is 6.47. The molecule has 3 aromatic carbocycles. The van der Waals surface area contributed by atoms with Crippen LogP contribution < -0.4 is 10.8 Å². The Morgan fingerprint density at radius 3 is 2.24 bits per heavy atom. The summed E-state index contributed by atoms with van der Waals surface area (Å²) in [6, 6.07) is 25.0. The first-order valence-corrected chi connectivity index (χ1v) is 11.5. The molecule has 33 heavy (non-hydrogen) atoms. The lowest BCUT2D eigenvalue weighted by atomic mass is 9.85. The monoisotopic (exact) mass is 458 g/mol. The van der Waals surface area contributed by atoms with E-state index in [1.165, 1.54) is 0 Å². The van der Waals surface area contributed by atoms with Gasteiger partial charge in [0.1, 0.15) is 0 Å². The number of thiophene rings is 1. The molecule has 0 bridgehead atoms. The Balaban J connectivity index is 1.60. The molecule has 6 heteroatoms. The van der Waals surface area contributed by atoms with Gasteiger partial charge in [0.25, 0.3) is 0 Å². The van der Waals surface area contributed by atoms with Gasteiger partial charge in [-0.25, -0.2) is 10.3 Å². The molecule has 2 N–H and O–H groups in total. The summed E-state index contributed by atoms with van der Waals surface area (Å²) in [4.78, 5) is 33.1. The number of aryl methyl sites for hydroxylation is 2. The van der Waals surface area contributed by atoms with Crippen molar-refractivity contribution in [3.63, 3.8) is 0 Å². The van der Waals surface area contributed by atoms with Gasteiger partial charge in [0, 0.05) is 21.7 Å². The van der Waals surface area contributed by atoms with Crippen LogP contribution in [0.1, 0.15) is 22.9 Å².